The Morgan fingerprint density at radius 2 is 2.00 bits per heavy atom. The topological polar surface area (TPSA) is 32.6 Å². The summed E-state index contributed by atoms with van der Waals surface area (Å²) in [4.78, 5) is 0. The molecule has 0 aliphatic heterocycles. The third-order valence-corrected chi connectivity index (χ3v) is 3.22. The van der Waals surface area contributed by atoms with Gasteiger partial charge >= 0.3 is 0 Å². The maximum Gasteiger partial charge on any atom is 0.0604 e. The molecule has 0 spiro atoms. The third-order valence-electron chi connectivity index (χ3n) is 3.22. The minimum atomic E-state index is 0.647. The number of rotatable bonds is 0. The molecule has 0 radical (unpaired) electrons. The molecule has 2 nitrogen and oxygen atoms in total. The molecule has 2 atom stereocenters. The molecule has 0 saturated heterocycles. The van der Waals surface area contributed by atoms with Crippen LogP contribution in [0.15, 0.2) is 5.16 Å². The highest BCUT2D eigenvalue weighted by molar-refractivity contribution is 5.87. The van der Waals surface area contributed by atoms with Crippen molar-refractivity contribution >= 4 is 5.71 Å². The standard InChI is InChI=1S/C9H15NO/c11-10-9-6-2-4-7-3-1-5-8(7)9/h7-8,11H,1-6H2/b10-9+. The molecule has 0 heterocycles. The second-order valence-electron chi connectivity index (χ2n) is 3.78. The zero-order chi connectivity index (χ0) is 7.68. The average molecular weight is 153 g/mol. The molecule has 0 aromatic carbocycles. The Hall–Kier alpha value is -0.530. The summed E-state index contributed by atoms with van der Waals surface area (Å²) < 4.78 is 0. The van der Waals surface area contributed by atoms with Crippen molar-refractivity contribution in [2.24, 2.45) is 17.0 Å². The van der Waals surface area contributed by atoms with Gasteiger partial charge in [-0.2, -0.15) is 0 Å². The quantitative estimate of drug-likeness (QED) is 0.420. The molecular formula is C9H15NO. The van der Waals surface area contributed by atoms with Crippen molar-refractivity contribution in [2.45, 2.75) is 38.5 Å². The van der Waals surface area contributed by atoms with E-state index in [9.17, 15) is 0 Å². The lowest BCUT2D eigenvalue weighted by atomic mass is 9.80. The minimum Gasteiger partial charge on any atom is -0.411 e. The van der Waals surface area contributed by atoms with Crippen LogP contribution >= 0.6 is 0 Å². The summed E-state index contributed by atoms with van der Waals surface area (Å²) in [5.74, 6) is 1.50. The van der Waals surface area contributed by atoms with E-state index >= 15 is 0 Å². The molecule has 0 aromatic rings. The van der Waals surface area contributed by atoms with Crippen LogP contribution in [-0.2, 0) is 0 Å². The van der Waals surface area contributed by atoms with Crippen molar-refractivity contribution < 1.29 is 5.21 Å². The molecule has 0 bridgehead atoms. The van der Waals surface area contributed by atoms with Gasteiger partial charge in [0, 0.05) is 5.92 Å². The van der Waals surface area contributed by atoms with Crippen molar-refractivity contribution in [3.63, 3.8) is 0 Å². The molecule has 2 aliphatic rings. The second-order valence-corrected chi connectivity index (χ2v) is 3.78. The van der Waals surface area contributed by atoms with Crippen LogP contribution in [0.4, 0.5) is 0 Å². The van der Waals surface area contributed by atoms with Gasteiger partial charge in [0.15, 0.2) is 0 Å². The summed E-state index contributed by atoms with van der Waals surface area (Å²) in [6, 6.07) is 0. The van der Waals surface area contributed by atoms with Gasteiger partial charge in [0.1, 0.15) is 0 Å². The van der Waals surface area contributed by atoms with Gasteiger partial charge in [-0.05, 0) is 38.0 Å². The van der Waals surface area contributed by atoms with Crippen LogP contribution in [0, 0.1) is 11.8 Å². The van der Waals surface area contributed by atoms with Crippen molar-refractivity contribution in [3.05, 3.63) is 0 Å². The van der Waals surface area contributed by atoms with Gasteiger partial charge in [0.05, 0.1) is 5.71 Å². The van der Waals surface area contributed by atoms with E-state index < -0.39 is 0 Å². The van der Waals surface area contributed by atoms with Crippen LogP contribution < -0.4 is 0 Å². The van der Waals surface area contributed by atoms with Gasteiger partial charge in [0.25, 0.3) is 0 Å². The van der Waals surface area contributed by atoms with Gasteiger partial charge in [0.2, 0.25) is 0 Å². The van der Waals surface area contributed by atoms with Gasteiger partial charge < -0.3 is 5.21 Å². The smallest absolute Gasteiger partial charge is 0.0604 e. The Morgan fingerprint density at radius 1 is 1.18 bits per heavy atom. The predicted molar refractivity (Wildman–Crippen MR) is 43.9 cm³/mol. The summed E-state index contributed by atoms with van der Waals surface area (Å²) in [7, 11) is 0. The normalized spacial score (nSPS) is 40.9. The molecule has 2 unspecified atom stereocenters. The molecule has 0 amide bonds. The minimum absolute atomic E-state index is 0.647. The van der Waals surface area contributed by atoms with Gasteiger partial charge in [-0.1, -0.05) is 11.6 Å². The lowest BCUT2D eigenvalue weighted by molar-refractivity contribution is 0.300. The summed E-state index contributed by atoms with van der Waals surface area (Å²) in [5, 5.41) is 12.1. The fraction of sp³-hybridized carbons (Fsp3) is 0.889. The van der Waals surface area contributed by atoms with E-state index in [1.165, 1.54) is 32.1 Å². The Balaban J connectivity index is 2.12. The average Bonchev–Trinajstić information content (AvgIpc) is 2.50. The van der Waals surface area contributed by atoms with Crippen molar-refractivity contribution in [2.75, 3.05) is 0 Å². The van der Waals surface area contributed by atoms with E-state index in [1.54, 1.807) is 0 Å². The van der Waals surface area contributed by atoms with Crippen molar-refractivity contribution in [3.8, 4) is 0 Å². The second kappa shape index (κ2) is 2.84. The molecule has 62 valence electrons. The Labute approximate surface area is 67.3 Å². The number of hydrogen-bond acceptors (Lipinski definition) is 2. The van der Waals surface area contributed by atoms with E-state index in [-0.39, 0.29) is 0 Å². The summed E-state index contributed by atoms with van der Waals surface area (Å²) in [6.07, 6.45) is 7.62. The molecular weight excluding hydrogens is 138 g/mol. The number of oxime groups is 1. The largest absolute Gasteiger partial charge is 0.411 e. The third kappa shape index (κ3) is 1.15. The van der Waals surface area contributed by atoms with E-state index in [2.05, 4.69) is 5.16 Å². The van der Waals surface area contributed by atoms with E-state index in [0.29, 0.717) is 5.92 Å². The molecule has 1 N–H and O–H groups in total. The molecule has 2 rings (SSSR count). The fourth-order valence-electron chi connectivity index (χ4n) is 2.68. The molecule has 11 heavy (non-hydrogen) atoms. The predicted octanol–water partition coefficient (Wildman–Crippen LogP) is 2.42. The zero-order valence-electron chi connectivity index (χ0n) is 6.79. The van der Waals surface area contributed by atoms with Crippen molar-refractivity contribution in [1.82, 2.24) is 0 Å². The Kier molecular flexibility index (Phi) is 1.84. The molecule has 2 fully saturated rings. The first-order valence-corrected chi connectivity index (χ1v) is 4.62. The summed E-state index contributed by atoms with van der Waals surface area (Å²) >= 11 is 0. The van der Waals surface area contributed by atoms with Gasteiger partial charge in [-0.3, -0.25) is 0 Å². The fourth-order valence-corrected chi connectivity index (χ4v) is 2.68. The number of fused-ring (bicyclic) bond motifs is 1. The first kappa shape index (κ1) is 7.14. The highest BCUT2D eigenvalue weighted by Gasteiger charge is 2.33. The maximum absolute atomic E-state index is 8.73. The van der Waals surface area contributed by atoms with E-state index in [4.69, 9.17) is 5.21 Å². The van der Waals surface area contributed by atoms with Crippen LogP contribution in [0.2, 0.25) is 0 Å². The first-order valence-electron chi connectivity index (χ1n) is 4.62. The van der Waals surface area contributed by atoms with Crippen LogP contribution in [0.1, 0.15) is 38.5 Å². The zero-order valence-corrected chi connectivity index (χ0v) is 6.79. The SMILES string of the molecule is O/N=C1\CCCC2CCCC12. The monoisotopic (exact) mass is 153 g/mol. The highest BCUT2D eigenvalue weighted by Crippen LogP contribution is 2.40. The van der Waals surface area contributed by atoms with E-state index in [0.717, 1.165) is 18.1 Å². The van der Waals surface area contributed by atoms with Crippen LogP contribution in [-0.4, -0.2) is 10.9 Å². The van der Waals surface area contributed by atoms with E-state index in [1.807, 2.05) is 0 Å². The molecule has 0 aromatic heterocycles. The van der Waals surface area contributed by atoms with Crippen LogP contribution in [0.25, 0.3) is 0 Å². The number of hydrogen-bond donors (Lipinski definition) is 1. The van der Waals surface area contributed by atoms with Crippen molar-refractivity contribution in [1.29, 1.82) is 0 Å². The maximum atomic E-state index is 8.73. The number of nitrogens with zero attached hydrogens (tertiary/aromatic N) is 1. The molecule has 2 heteroatoms. The van der Waals surface area contributed by atoms with Crippen LogP contribution in [0.3, 0.4) is 0 Å². The first-order chi connectivity index (χ1) is 5.42. The Morgan fingerprint density at radius 3 is 2.82 bits per heavy atom. The molecule has 2 saturated carbocycles. The summed E-state index contributed by atoms with van der Waals surface area (Å²) in [5.41, 5.74) is 1.08. The summed E-state index contributed by atoms with van der Waals surface area (Å²) in [6.45, 7) is 0. The molecule has 2 aliphatic carbocycles. The highest BCUT2D eigenvalue weighted by atomic mass is 16.4. The van der Waals surface area contributed by atoms with Gasteiger partial charge in [-0.15, -0.1) is 0 Å². The van der Waals surface area contributed by atoms with Gasteiger partial charge in [-0.25, -0.2) is 0 Å². The lowest BCUT2D eigenvalue weighted by Gasteiger charge is -2.25. The Bertz CT molecular complexity index is 176. The lowest BCUT2D eigenvalue weighted by Crippen LogP contribution is -2.23. The van der Waals surface area contributed by atoms with Crippen LogP contribution in [0.5, 0.6) is 0 Å².